The van der Waals surface area contributed by atoms with Crippen LogP contribution in [0.25, 0.3) is 10.6 Å². The van der Waals surface area contributed by atoms with Crippen molar-refractivity contribution >= 4 is 11.3 Å². The molecule has 5 heteroatoms. The van der Waals surface area contributed by atoms with Crippen LogP contribution in [-0.4, -0.2) is 22.7 Å². The summed E-state index contributed by atoms with van der Waals surface area (Å²) in [5, 5.41) is 15.4. The minimum absolute atomic E-state index is 0.188. The molecule has 1 aromatic heterocycles. The highest BCUT2D eigenvalue weighted by Crippen LogP contribution is 2.24. The molecular formula is C16H21FN2OS. The molecule has 2 rings (SSSR count). The molecule has 0 saturated heterocycles. The fourth-order valence-corrected chi connectivity index (χ4v) is 2.98. The third-order valence-corrected chi connectivity index (χ3v) is 4.37. The van der Waals surface area contributed by atoms with Crippen molar-refractivity contribution in [2.24, 2.45) is 5.92 Å². The van der Waals surface area contributed by atoms with Crippen molar-refractivity contribution in [3.8, 4) is 10.6 Å². The molecule has 0 aliphatic heterocycles. The first-order valence-corrected chi connectivity index (χ1v) is 8.02. The van der Waals surface area contributed by atoms with Crippen molar-refractivity contribution < 1.29 is 9.50 Å². The van der Waals surface area contributed by atoms with Gasteiger partial charge in [-0.1, -0.05) is 13.8 Å². The third-order valence-electron chi connectivity index (χ3n) is 3.43. The van der Waals surface area contributed by atoms with Crippen LogP contribution in [0.2, 0.25) is 0 Å². The molecule has 0 aliphatic carbocycles. The maximum absolute atomic E-state index is 12.9. The van der Waals surface area contributed by atoms with E-state index in [4.69, 9.17) is 5.11 Å². The van der Waals surface area contributed by atoms with E-state index in [2.05, 4.69) is 24.1 Å². The van der Waals surface area contributed by atoms with Crippen LogP contribution in [0.1, 0.15) is 26.0 Å². The number of benzene rings is 1. The highest BCUT2D eigenvalue weighted by atomic mass is 32.1. The average molecular weight is 308 g/mol. The topological polar surface area (TPSA) is 45.1 Å². The lowest BCUT2D eigenvalue weighted by molar-refractivity contribution is 0.243. The van der Waals surface area contributed by atoms with E-state index in [1.807, 2.05) is 5.38 Å². The second-order valence-corrected chi connectivity index (χ2v) is 6.25. The van der Waals surface area contributed by atoms with Gasteiger partial charge in [-0.3, -0.25) is 0 Å². The largest absolute Gasteiger partial charge is 0.396 e. The summed E-state index contributed by atoms with van der Waals surface area (Å²) in [6, 6.07) is 6.67. The van der Waals surface area contributed by atoms with Gasteiger partial charge < -0.3 is 10.4 Å². The molecule has 0 spiro atoms. The van der Waals surface area contributed by atoms with Gasteiger partial charge in [-0.2, -0.15) is 0 Å². The Morgan fingerprint density at radius 3 is 2.62 bits per heavy atom. The monoisotopic (exact) mass is 308 g/mol. The molecule has 0 radical (unpaired) electrons. The van der Waals surface area contributed by atoms with Crippen LogP contribution in [0.3, 0.4) is 0 Å². The van der Waals surface area contributed by atoms with E-state index in [9.17, 15) is 4.39 Å². The van der Waals surface area contributed by atoms with E-state index < -0.39 is 0 Å². The van der Waals surface area contributed by atoms with Gasteiger partial charge in [0.1, 0.15) is 10.8 Å². The Labute approximate surface area is 128 Å². The first-order valence-electron chi connectivity index (χ1n) is 7.14. The lowest BCUT2D eigenvalue weighted by Crippen LogP contribution is -2.34. The van der Waals surface area contributed by atoms with Crippen LogP contribution < -0.4 is 5.32 Å². The molecular weight excluding hydrogens is 287 g/mol. The number of hydrogen-bond acceptors (Lipinski definition) is 4. The molecule has 0 amide bonds. The molecule has 2 N–H and O–H groups in total. The molecule has 1 atom stereocenters. The molecule has 0 saturated carbocycles. The Bertz CT molecular complexity index is 554. The molecule has 114 valence electrons. The number of aromatic nitrogens is 1. The van der Waals surface area contributed by atoms with Crippen molar-refractivity contribution in [3.63, 3.8) is 0 Å². The first-order chi connectivity index (χ1) is 10.1. The van der Waals surface area contributed by atoms with E-state index in [1.54, 1.807) is 23.5 Å². The average Bonchev–Trinajstić information content (AvgIpc) is 2.92. The Morgan fingerprint density at radius 2 is 2.00 bits per heavy atom. The van der Waals surface area contributed by atoms with Crippen molar-refractivity contribution in [1.29, 1.82) is 0 Å². The standard InChI is InChI=1S/C16H21FN2OS/c1-11(2)15(7-8-20)18-9-14-10-21-16(19-14)12-3-5-13(17)6-4-12/h3-6,10-11,15,18,20H,7-9H2,1-2H3. The number of rotatable bonds is 7. The molecule has 2 aromatic rings. The van der Waals surface area contributed by atoms with Gasteiger partial charge in [0.2, 0.25) is 0 Å². The molecule has 21 heavy (non-hydrogen) atoms. The second kappa shape index (κ2) is 7.64. The molecule has 0 aliphatic rings. The maximum atomic E-state index is 12.9. The van der Waals surface area contributed by atoms with Crippen LogP contribution in [0.5, 0.6) is 0 Å². The van der Waals surface area contributed by atoms with Gasteiger partial charge in [0.15, 0.2) is 0 Å². The number of thiazole rings is 1. The Kier molecular flexibility index (Phi) is 5.85. The summed E-state index contributed by atoms with van der Waals surface area (Å²) in [5.41, 5.74) is 1.91. The summed E-state index contributed by atoms with van der Waals surface area (Å²) >= 11 is 1.56. The third kappa shape index (κ3) is 4.59. The van der Waals surface area contributed by atoms with Gasteiger partial charge >= 0.3 is 0 Å². The lowest BCUT2D eigenvalue weighted by atomic mass is 10.0. The maximum Gasteiger partial charge on any atom is 0.123 e. The Balaban J connectivity index is 1.98. The summed E-state index contributed by atoms with van der Waals surface area (Å²) in [4.78, 5) is 4.57. The summed E-state index contributed by atoms with van der Waals surface area (Å²) < 4.78 is 12.9. The van der Waals surface area contributed by atoms with E-state index in [1.165, 1.54) is 12.1 Å². The summed E-state index contributed by atoms with van der Waals surface area (Å²) in [6.45, 7) is 5.14. The summed E-state index contributed by atoms with van der Waals surface area (Å²) in [6.07, 6.45) is 0.743. The SMILES string of the molecule is CC(C)C(CCO)NCc1csc(-c2ccc(F)cc2)n1. The van der Waals surface area contributed by atoms with Crippen LogP contribution in [0.15, 0.2) is 29.6 Å². The van der Waals surface area contributed by atoms with Gasteiger partial charge in [-0.15, -0.1) is 11.3 Å². The number of halogens is 1. The molecule has 3 nitrogen and oxygen atoms in total. The smallest absolute Gasteiger partial charge is 0.123 e. The van der Waals surface area contributed by atoms with Gasteiger partial charge in [-0.25, -0.2) is 9.37 Å². The molecule has 1 aromatic carbocycles. The van der Waals surface area contributed by atoms with Gasteiger partial charge in [0.25, 0.3) is 0 Å². The van der Waals surface area contributed by atoms with Crippen molar-refractivity contribution in [1.82, 2.24) is 10.3 Å². The number of aliphatic hydroxyl groups is 1. The Hall–Kier alpha value is -1.30. The van der Waals surface area contributed by atoms with Crippen molar-refractivity contribution in [2.45, 2.75) is 32.9 Å². The predicted octanol–water partition coefficient (Wildman–Crippen LogP) is 3.45. The number of nitrogens with one attached hydrogen (secondary N) is 1. The minimum Gasteiger partial charge on any atom is -0.396 e. The summed E-state index contributed by atoms with van der Waals surface area (Å²) in [5.74, 6) is 0.230. The first kappa shape index (κ1) is 16.1. The van der Waals surface area contributed by atoms with Crippen LogP contribution in [0, 0.1) is 11.7 Å². The van der Waals surface area contributed by atoms with E-state index >= 15 is 0 Å². The number of aliphatic hydroxyl groups excluding tert-OH is 1. The number of hydrogen-bond donors (Lipinski definition) is 2. The van der Waals surface area contributed by atoms with E-state index in [0.29, 0.717) is 12.5 Å². The quantitative estimate of drug-likeness (QED) is 0.823. The number of nitrogens with zero attached hydrogens (tertiary/aromatic N) is 1. The van der Waals surface area contributed by atoms with Crippen molar-refractivity contribution in [3.05, 3.63) is 41.2 Å². The Morgan fingerprint density at radius 1 is 1.29 bits per heavy atom. The molecule has 0 bridgehead atoms. The zero-order valence-electron chi connectivity index (χ0n) is 12.3. The van der Waals surface area contributed by atoms with Crippen LogP contribution >= 0.6 is 11.3 Å². The molecule has 1 unspecified atom stereocenters. The van der Waals surface area contributed by atoms with Crippen molar-refractivity contribution in [2.75, 3.05) is 6.61 Å². The van der Waals surface area contributed by atoms with Gasteiger partial charge in [-0.05, 0) is 36.6 Å². The fraction of sp³-hybridized carbons (Fsp3) is 0.438. The molecule has 1 heterocycles. The zero-order chi connectivity index (χ0) is 15.2. The van der Waals surface area contributed by atoms with Gasteiger partial charge in [0, 0.05) is 30.1 Å². The summed E-state index contributed by atoms with van der Waals surface area (Å²) in [7, 11) is 0. The van der Waals surface area contributed by atoms with Gasteiger partial charge in [0.05, 0.1) is 5.69 Å². The van der Waals surface area contributed by atoms with Crippen LogP contribution in [0.4, 0.5) is 4.39 Å². The minimum atomic E-state index is -0.235. The fourth-order valence-electron chi connectivity index (χ4n) is 2.16. The van der Waals surface area contributed by atoms with E-state index in [-0.39, 0.29) is 18.5 Å². The van der Waals surface area contributed by atoms with E-state index in [0.717, 1.165) is 22.7 Å². The predicted molar refractivity (Wildman–Crippen MR) is 84.7 cm³/mol. The normalized spacial score (nSPS) is 12.8. The zero-order valence-corrected chi connectivity index (χ0v) is 13.2. The highest BCUT2D eigenvalue weighted by Gasteiger charge is 2.13. The highest BCUT2D eigenvalue weighted by molar-refractivity contribution is 7.13. The lowest BCUT2D eigenvalue weighted by Gasteiger charge is -2.20. The second-order valence-electron chi connectivity index (χ2n) is 5.39. The van der Waals surface area contributed by atoms with Crippen LogP contribution in [-0.2, 0) is 6.54 Å². The molecule has 0 fully saturated rings.